The normalized spacial score (nSPS) is 18.6. The van der Waals surface area contributed by atoms with E-state index in [1.165, 1.54) is 4.70 Å². The number of hydrogen-bond acceptors (Lipinski definition) is 3. The first-order valence-corrected chi connectivity index (χ1v) is 6.70. The molecule has 1 aliphatic rings. The molecule has 1 aromatic heterocycles. The molecule has 18 heavy (non-hydrogen) atoms. The minimum absolute atomic E-state index is 0. The summed E-state index contributed by atoms with van der Waals surface area (Å²) < 4.78 is 1.23. The molecule has 1 aliphatic heterocycles. The lowest BCUT2D eigenvalue weighted by Crippen LogP contribution is -2.36. The summed E-state index contributed by atoms with van der Waals surface area (Å²) >= 11 is 1.70. The number of fused-ring (bicyclic) bond motifs is 1. The Bertz CT molecular complexity index is 549. The van der Waals surface area contributed by atoms with E-state index in [1.807, 2.05) is 29.6 Å². The number of carbonyl (C=O) groups is 1. The largest absolute Gasteiger partial charge is 0.348 e. The van der Waals surface area contributed by atoms with Gasteiger partial charge in [0.2, 0.25) is 0 Å². The Labute approximate surface area is 116 Å². The van der Waals surface area contributed by atoms with Crippen LogP contribution in [0.15, 0.2) is 29.6 Å². The third-order valence-electron chi connectivity index (χ3n) is 3.11. The zero-order valence-electron chi connectivity index (χ0n) is 9.81. The summed E-state index contributed by atoms with van der Waals surface area (Å²) in [5.74, 6) is 0.0341. The van der Waals surface area contributed by atoms with Crippen molar-refractivity contribution < 1.29 is 4.79 Å². The molecule has 1 aromatic carbocycles. The SMILES string of the molecule is Cl.O=C(NC1CCNC1)c1ccc2sccc2c1. The first-order valence-electron chi connectivity index (χ1n) is 5.82. The van der Waals surface area contributed by atoms with E-state index in [9.17, 15) is 4.79 Å². The lowest BCUT2D eigenvalue weighted by Gasteiger charge is -2.11. The van der Waals surface area contributed by atoms with Gasteiger partial charge in [-0.05, 0) is 48.0 Å². The van der Waals surface area contributed by atoms with Crippen molar-refractivity contribution in [2.75, 3.05) is 13.1 Å². The Balaban J connectivity index is 0.00000120. The minimum atomic E-state index is 0. The summed E-state index contributed by atoms with van der Waals surface area (Å²) in [5.41, 5.74) is 0.753. The maximum atomic E-state index is 12.0. The summed E-state index contributed by atoms with van der Waals surface area (Å²) in [4.78, 5) is 12.0. The number of halogens is 1. The molecule has 2 N–H and O–H groups in total. The molecular weight excluding hydrogens is 268 g/mol. The number of carbonyl (C=O) groups excluding carboxylic acids is 1. The summed E-state index contributed by atoms with van der Waals surface area (Å²) in [6.07, 6.45) is 1.02. The number of amides is 1. The van der Waals surface area contributed by atoms with E-state index < -0.39 is 0 Å². The van der Waals surface area contributed by atoms with Gasteiger partial charge in [-0.3, -0.25) is 4.79 Å². The van der Waals surface area contributed by atoms with Gasteiger partial charge in [0.1, 0.15) is 0 Å². The molecule has 3 rings (SSSR count). The number of rotatable bonds is 2. The van der Waals surface area contributed by atoms with E-state index in [1.54, 1.807) is 11.3 Å². The first kappa shape index (κ1) is 13.3. The van der Waals surface area contributed by atoms with Crippen molar-refractivity contribution >= 4 is 39.7 Å². The van der Waals surface area contributed by atoms with Crippen LogP contribution in [0.4, 0.5) is 0 Å². The molecule has 1 amide bonds. The maximum absolute atomic E-state index is 12.0. The van der Waals surface area contributed by atoms with Crippen LogP contribution in [-0.2, 0) is 0 Å². The van der Waals surface area contributed by atoms with Crippen LogP contribution in [0.2, 0.25) is 0 Å². The van der Waals surface area contributed by atoms with Crippen LogP contribution in [0.5, 0.6) is 0 Å². The lowest BCUT2D eigenvalue weighted by molar-refractivity contribution is 0.0940. The van der Waals surface area contributed by atoms with Gasteiger partial charge in [0.05, 0.1) is 0 Å². The van der Waals surface area contributed by atoms with Crippen molar-refractivity contribution in [3.05, 3.63) is 35.2 Å². The van der Waals surface area contributed by atoms with Crippen LogP contribution in [0, 0.1) is 0 Å². The zero-order chi connectivity index (χ0) is 11.7. The second-order valence-corrected chi connectivity index (χ2v) is 5.28. The highest BCUT2D eigenvalue weighted by atomic mass is 35.5. The van der Waals surface area contributed by atoms with Gasteiger partial charge in [0.15, 0.2) is 0 Å². The molecule has 3 nitrogen and oxygen atoms in total. The summed E-state index contributed by atoms with van der Waals surface area (Å²) in [5, 5.41) is 9.49. The average Bonchev–Trinajstić information content (AvgIpc) is 2.97. The van der Waals surface area contributed by atoms with Crippen LogP contribution in [0.3, 0.4) is 0 Å². The number of thiophene rings is 1. The Hall–Kier alpha value is -1.10. The number of benzene rings is 1. The van der Waals surface area contributed by atoms with Crippen molar-refractivity contribution in [2.45, 2.75) is 12.5 Å². The zero-order valence-corrected chi connectivity index (χ0v) is 11.4. The van der Waals surface area contributed by atoms with Crippen molar-refractivity contribution in [1.82, 2.24) is 10.6 Å². The van der Waals surface area contributed by atoms with E-state index >= 15 is 0 Å². The molecule has 0 aliphatic carbocycles. The maximum Gasteiger partial charge on any atom is 0.251 e. The van der Waals surface area contributed by atoms with Gasteiger partial charge in [-0.1, -0.05) is 0 Å². The standard InChI is InChI=1S/C13H14N2OS.ClH/c16-13(15-11-3-5-14-8-11)10-1-2-12-9(7-10)4-6-17-12;/h1-2,4,6-7,11,14H,3,5,8H2,(H,15,16);1H. The Morgan fingerprint density at radius 1 is 1.39 bits per heavy atom. The van der Waals surface area contributed by atoms with Crippen molar-refractivity contribution in [2.24, 2.45) is 0 Å². The van der Waals surface area contributed by atoms with Gasteiger partial charge in [-0.25, -0.2) is 0 Å². The molecule has 0 spiro atoms. The topological polar surface area (TPSA) is 41.1 Å². The molecule has 96 valence electrons. The molecule has 1 atom stereocenters. The van der Waals surface area contributed by atoms with Crippen LogP contribution in [0.25, 0.3) is 10.1 Å². The van der Waals surface area contributed by atoms with Crippen molar-refractivity contribution in [1.29, 1.82) is 0 Å². The van der Waals surface area contributed by atoms with Gasteiger partial charge in [-0.2, -0.15) is 0 Å². The molecule has 0 saturated carbocycles. The third-order valence-corrected chi connectivity index (χ3v) is 4.01. The average molecular weight is 283 g/mol. The monoisotopic (exact) mass is 282 g/mol. The molecule has 1 saturated heterocycles. The minimum Gasteiger partial charge on any atom is -0.348 e. The first-order chi connectivity index (χ1) is 8.33. The fourth-order valence-electron chi connectivity index (χ4n) is 2.15. The van der Waals surface area contributed by atoms with E-state index in [0.717, 1.165) is 30.5 Å². The fraction of sp³-hybridized carbons (Fsp3) is 0.308. The predicted octanol–water partition coefficient (Wildman–Crippen LogP) is 2.41. The molecular formula is C13H15ClN2OS. The Morgan fingerprint density at radius 2 is 2.28 bits per heavy atom. The van der Waals surface area contributed by atoms with E-state index in [2.05, 4.69) is 10.6 Å². The Morgan fingerprint density at radius 3 is 3.06 bits per heavy atom. The third kappa shape index (κ3) is 2.66. The van der Waals surface area contributed by atoms with Crippen LogP contribution in [-0.4, -0.2) is 25.0 Å². The number of hydrogen-bond donors (Lipinski definition) is 2. The number of nitrogens with one attached hydrogen (secondary N) is 2. The molecule has 5 heteroatoms. The van der Waals surface area contributed by atoms with Crippen molar-refractivity contribution in [3.63, 3.8) is 0 Å². The molecule has 0 bridgehead atoms. The van der Waals surface area contributed by atoms with Gasteiger partial charge in [0, 0.05) is 22.8 Å². The van der Waals surface area contributed by atoms with Crippen molar-refractivity contribution in [3.8, 4) is 0 Å². The predicted molar refractivity (Wildman–Crippen MR) is 77.8 cm³/mol. The quantitative estimate of drug-likeness (QED) is 0.888. The highest BCUT2D eigenvalue weighted by molar-refractivity contribution is 7.17. The van der Waals surface area contributed by atoms with Crippen LogP contribution >= 0.6 is 23.7 Å². The molecule has 0 radical (unpaired) electrons. The van der Waals surface area contributed by atoms with Crippen LogP contribution in [0.1, 0.15) is 16.8 Å². The highest BCUT2D eigenvalue weighted by Gasteiger charge is 2.17. The van der Waals surface area contributed by atoms with Gasteiger partial charge in [-0.15, -0.1) is 23.7 Å². The van der Waals surface area contributed by atoms with E-state index in [-0.39, 0.29) is 24.4 Å². The summed E-state index contributed by atoms with van der Waals surface area (Å²) in [6, 6.07) is 8.20. The second-order valence-electron chi connectivity index (χ2n) is 4.34. The van der Waals surface area contributed by atoms with Gasteiger partial charge >= 0.3 is 0 Å². The second kappa shape index (κ2) is 5.69. The molecule has 2 aromatic rings. The van der Waals surface area contributed by atoms with Gasteiger partial charge < -0.3 is 10.6 Å². The molecule has 1 fully saturated rings. The smallest absolute Gasteiger partial charge is 0.251 e. The summed E-state index contributed by atoms with van der Waals surface area (Å²) in [7, 11) is 0. The highest BCUT2D eigenvalue weighted by Crippen LogP contribution is 2.21. The fourth-order valence-corrected chi connectivity index (χ4v) is 2.93. The Kier molecular flexibility index (Phi) is 4.22. The van der Waals surface area contributed by atoms with E-state index in [4.69, 9.17) is 0 Å². The lowest BCUT2D eigenvalue weighted by atomic mass is 10.1. The molecule has 2 heterocycles. The summed E-state index contributed by atoms with van der Waals surface area (Å²) in [6.45, 7) is 1.88. The van der Waals surface area contributed by atoms with Crippen LogP contribution < -0.4 is 10.6 Å². The van der Waals surface area contributed by atoms with E-state index in [0.29, 0.717) is 0 Å². The van der Waals surface area contributed by atoms with Gasteiger partial charge in [0.25, 0.3) is 5.91 Å². The molecule has 1 unspecified atom stereocenters.